The lowest BCUT2D eigenvalue weighted by Crippen LogP contribution is -2.29. The minimum atomic E-state index is -1.01. The first kappa shape index (κ1) is 26.6. The molecular weight excluding hydrogens is 484 g/mol. The van der Waals surface area contributed by atoms with Crippen molar-refractivity contribution in [3.63, 3.8) is 0 Å². The molecule has 2 N–H and O–H groups in total. The fourth-order valence-corrected chi connectivity index (χ4v) is 4.90. The summed E-state index contributed by atoms with van der Waals surface area (Å²) in [7, 11) is 2.89. The average molecular weight is 517 g/mol. The highest BCUT2D eigenvalue weighted by molar-refractivity contribution is 6.52. The fourth-order valence-electron chi connectivity index (χ4n) is 4.90. The van der Waals surface area contributed by atoms with E-state index in [0.29, 0.717) is 5.56 Å². The molecule has 1 saturated heterocycles. The molecule has 0 bridgehead atoms. The summed E-state index contributed by atoms with van der Waals surface area (Å²) in [5.41, 5.74) is 2.58. The third-order valence-electron chi connectivity index (χ3n) is 6.84. The van der Waals surface area contributed by atoms with E-state index in [1.807, 2.05) is 31.2 Å². The third kappa shape index (κ3) is 4.53. The van der Waals surface area contributed by atoms with Crippen LogP contribution in [0.4, 0.5) is 11.4 Å². The van der Waals surface area contributed by atoms with Crippen LogP contribution in [0.3, 0.4) is 0 Å². The Morgan fingerprint density at radius 3 is 2.11 bits per heavy atom. The summed E-state index contributed by atoms with van der Waals surface area (Å²) in [6.07, 6.45) is 0. The van der Waals surface area contributed by atoms with Gasteiger partial charge in [-0.15, -0.1) is 0 Å². The number of nitrogens with zero attached hydrogens (tertiary/aromatic N) is 2. The number of hydrogen-bond acceptors (Lipinski definition) is 7. The summed E-state index contributed by atoms with van der Waals surface area (Å²) in [4.78, 5) is 30.5. The monoisotopic (exact) mass is 516 g/mol. The standard InChI is InChI=1S/C30H32N2O6/c1-6-31(7-2)20-14-12-19(13-15-20)27-26(28(34)25-23(37-4)9-8-10-24(25)38-5)29(35)30(36)32(27)21-17-18(3)11-16-22(21)33/h8-17,27,33-34H,6-7H2,1-5H3/b28-26+. The second-order valence-electron chi connectivity index (χ2n) is 8.96. The van der Waals surface area contributed by atoms with Crippen molar-refractivity contribution in [2.24, 2.45) is 0 Å². The van der Waals surface area contributed by atoms with Crippen LogP contribution in [0.15, 0.2) is 66.2 Å². The van der Waals surface area contributed by atoms with Crippen LogP contribution in [-0.4, -0.2) is 49.2 Å². The van der Waals surface area contributed by atoms with Gasteiger partial charge in [0.15, 0.2) is 0 Å². The fraction of sp³-hybridized carbons (Fsp3) is 0.267. The summed E-state index contributed by atoms with van der Waals surface area (Å²) in [6, 6.07) is 16.3. The maximum atomic E-state index is 13.6. The van der Waals surface area contributed by atoms with Crippen molar-refractivity contribution in [2.75, 3.05) is 37.1 Å². The van der Waals surface area contributed by atoms with E-state index in [9.17, 15) is 19.8 Å². The molecule has 38 heavy (non-hydrogen) atoms. The Morgan fingerprint density at radius 1 is 0.947 bits per heavy atom. The zero-order chi connectivity index (χ0) is 27.6. The predicted octanol–water partition coefficient (Wildman–Crippen LogP) is 5.19. The largest absolute Gasteiger partial charge is 0.506 e. The van der Waals surface area contributed by atoms with Gasteiger partial charge in [-0.1, -0.05) is 24.3 Å². The number of aliphatic hydroxyl groups is 1. The van der Waals surface area contributed by atoms with Gasteiger partial charge in [0.05, 0.1) is 31.5 Å². The Balaban J connectivity index is 2.00. The van der Waals surface area contributed by atoms with Gasteiger partial charge in [0.1, 0.15) is 28.6 Å². The van der Waals surface area contributed by atoms with Crippen molar-refractivity contribution in [1.29, 1.82) is 0 Å². The Bertz CT molecular complexity index is 1370. The molecule has 198 valence electrons. The molecule has 1 aliphatic rings. The minimum absolute atomic E-state index is 0.130. The van der Waals surface area contributed by atoms with Gasteiger partial charge in [-0.05, 0) is 68.3 Å². The smallest absolute Gasteiger partial charge is 0.300 e. The number of ketones is 1. The van der Waals surface area contributed by atoms with Crippen molar-refractivity contribution >= 4 is 28.8 Å². The van der Waals surface area contributed by atoms with Gasteiger partial charge in [-0.3, -0.25) is 14.5 Å². The number of ether oxygens (including phenoxy) is 2. The number of aromatic hydroxyl groups is 1. The van der Waals surface area contributed by atoms with Gasteiger partial charge < -0.3 is 24.6 Å². The molecule has 1 aliphatic heterocycles. The van der Waals surface area contributed by atoms with E-state index in [1.165, 1.54) is 25.2 Å². The molecule has 0 aliphatic carbocycles. The second kappa shape index (κ2) is 10.9. The molecule has 1 fully saturated rings. The van der Waals surface area contributed by atoms with Gasteiger partial charge in [0.25, 0.3) is 11.7 Å². The molecule has 8 heteroatoms. The van der Waals surface area contributed by atoms with Gasteiger partial charge in [0.2, 0.25) is 0 Å². The molecular formula is C30H32N2O6. The van der Waals surface area contributed by atoms with Crippen molar-refractivity contribution in [2.45, 2.75) is 26.8 Å². The number of anilines is 2. The summed E-state index contributed by atoms with van der Waals surface area (Å²) < 4.78 is 10.9. The highest BCUT2D eigenvalue weighted by atomic mass is 16.5. The van der Waals surface area contributed by atoms with Crippen LogP contribution in [0.2, 0.25) is 0 Å². The number of carbonyl (C=O) groups is 2. The molecule has 0 spiro atoms. The van der Waals surface area contributed by atoms with Crippen molar-refractivity contribution in [3.05, 3.63) is 82.9 Å². The van der Waals surface area contributed by atoms with Crippen molar-refractivity contribution < 1.29 is 29.3 Å². The van der Waals surface area contributed by atoms with Crippen LogP contribution < -0.4 is 19.3 Å². The van der Waals surface area contributed by atoms with Gasteiger partial charge >= 0.3 is 0 Å². The Labute approximate surface area is 222 Å². The molecule has 3 aromatic carbocycles. The molecule has 1 atom stereocenters. The Kier molecular flexibility index (Phi) is 7.62. The summed E-state index contributed by atoms with van der Waals surface area (Å²) >= 11 is 0. The normalized spacial score (nSPS) is 16.6. The van der Waals surface area contributed by atoms with E-state index in [1.54, 1.807) is 30.3 Å². The molecule has 1 unspecified atom stereocenters. The third-order valence-corrected chi connectivity index (χ3v) is 6.84. The number of amides is 1. The van der Waals surface area contributed by atoms with Gasteiger partial charge in [-0.25, -0.2) is 0 Å². The van der Waals surface area contributed by atoms with E-state index >= 15 is 0 Å². The van der Waals surface area contributed by atoms with Gasteiger partial charge in [-0.2, -0.15) is 0 Å². The van der Waals surface area contributed by atoms with E-state index < -0.39 is 23.5 Å². The lowest BCUT2D eigenvalue weighted by molar-refractivity contribution is -0.132. The zero-order valence-electron chi connectivity index (χ0n) is 22.2. The molecule has 4 rings (SSSR count). The molecule has 1 amide bonds. The summed E-state index contributed by atoms with van der Waals surface area (Å²) in [6.45, 7) is 7.59. The molecule has 0 aromatic heterocycles. The van der Waals surface area contributed by atoms with E-state index in [2.05, 4.69) is 18.7 Å². The van der Waals surface area contributed by atoms with Crippen LogP contribution in [-0.2, 0) is 9.59 Å². The number of benzene rings is 3. The van der Waals surface area contributed by atoms with Crippen molar-refractivity contribution in [3.8, 4) is 17.2 Å². The molecule has 8 nitrogen and oxygen atoms in total. The number of phenolic OH excluding ortho intramolecular Hbond substituents is 1. The number of hydrogen-bond donors (Lipinski definition) is 2. The SMILES string of the molecule is CCN(CC)c1ccc(C2/C(=C(\O)c3c(OC)cccc3OC)C(=O)C(=O)N2c2cc(C)ccc2O)cc1. The maximum absolute atomic E-state index is 13.6. The molecule has 0 radical (unpaired) electrons. The number of Topliss-reactive ketones (excluding diaryl/α,β-unsaturated/α-hetero) is 1. The lowest BCUT2D eigenvalue weighted by atomic mass is 9.94. The Morgan fingerprint density at radius 2 is 1.55 bits per heavy atom. The molecule has 0 saturated carbocycles. The molecule has 3 aromatic rings. The average Bonchev–Trinajstić information content (AvgIpc) is 3.20. The first-order valence-corrected chi connectivity index (χ1v) is 12.4. The van der Waals surface area contributed by atoms with Crippen LogP contribution in [0.1, 0.15) is 36.6 Å². The summed E-state index contributed by atoms with van der Waals surface area (Å²) in [5.74, 6) is -1.76. The number of methoxy groups -OCH3 is 2. The predicted molar refractivity (Wildman–Crippen MR) is 147 cm³/mol. The number of aliphatic hydroxyl groups excluding tert-OH is 1. The molecule has 1 heterocycles. The number of phenols is 1. The quantitative estimate of drug-likeness (QED) is 0.241. The number of carbonyl (C=O) groups excluding carboxylic acids is 2. The topological polar surface area (TPSA) is 99.5 Å². The zero-order valence-corrected chi connectivity index (χ0v) is 22.2. The van der Waals surface area contributed by atoms with Crippen LogP contribution >= 0.6 is 0 Å². The first-order valence-electron chi connectivity index (χ1n) is 12.4. The summed E-state index contributed by atoms with van der Waals surface area (Å²) in [5, 5.41) is 22.3. The van der Waals surface area contributed by atoms with Gasteiger partial charge in [0, 0.05) is 18.8 Å². The highest BCUT2D eigenvalue weighted by Gasteiger charge is 2.48. The van der Waals surface area contributed by atoms with Crippen molar-refractivity contribution in [1.82, 2.24) is 0 Å². The van der Waals surface area contributed by atoms with E-state index in [0.717, 1.165) is 24.3 Å². The number of rotatable bonds is 8. The Hall–Kier alpha value is -4.46. The second-order valence-corrected chi connectivity index (χ2v) is 8.96. The minimum Gasteiger partial charge on any atom is -0.506 e. The highest BCUT2D eigenvalue weighted by Crippen LogP contribution is 2.47. The van der Waals surface area contributed by atoms with Crippen LogP contribution in [0.25, 0.3) is 5.76 Å². The first-order chi connectivity index (χ1) is 18.3. The van der Waals surface area contributed by atoms with Crippen LogP contribution in [0, 0.1) is 6.92 Å². The van der Waals surface area contributed by atoms with E-state index in [-0.39, 0.29) is 34.1 Å². The van der Waals surface area contributed by atoms with Crippen LogP contribution in [0.5, 0.6) is 17.2 Å². The lowest BCUT2D eigenvalue weighted by Gasteiger charge is -2.27. The maximum Gasteiger partial charge on any atom is 0.300 e. The van der Waals surface area contributed by atoms with E-state index in [4.69, 9.17) is 9.47 Å². The number of aryl methyl sites for hydroxylation is 1.